The number of nitrogens with zero attached hydrogens (tertiary/aromatic N) is 2. The van der Waals surface area contributed by atoms with Gasteiger partial charge in [-0.1, -0.05) is 29.9 Å². The fraction of sp³-hybridized carbons (Fsp3) is 0.333. The predicted octanol–water partition coefficient (Wildman–Crippen LogP) is 4.90. The van der Waals surface area contributed by atoms with Crippen LogP contribution < -0.4 is 4.90 Å². The second kappa shape index (κ2) is 6.06. The molecule has 1 aliphatic rings. The Balaban J connectivity index is 1.63. The van der Waals surface area contributed by atoms with Crippen LogP contribution in [0.5, 0.6) is 0 Å². The van der Waals surface area contributed by atoms with E-state index in [0.29, 0.717) is 0 Å². The summed E-state index contributed by atoms with van der Waals surface area (Å²) in [4.78, 5) is 21.4. The van der Waals surface area contributed by atoms with Crippen molar-refractivity contribution in [1.29, 1.82) is 0 Å². The number of carbonyl (C=O) groups excluding carboxylic acids is 1. The molecule has 118 valence electrons. The average Bonchev–Trinajstić information content (AvgIpc) is 3.12. The highest BCUT2D eigenvalue weighted by Gasteiger charge is 2.21. The van der Waals surface area contributed by atoms with Gasteiger partial charge >= 0.3 is 0 Å². The number of benzene rings is 1. The molecule has 4 rings (SSSR count). The maximum atomic E-state index is 12.8. The Morgan fingerprint density at radius 1 is 1.13 bits per heavy atom. The molecule has 0 unspecified atom stereocenters. The normalized spacial score (nSPS) is 14.5. The van der Waals surface area contributed by atoms with Crippen molar-refractivity contribution in [3.8, 4) is 0 Å². The van der Waals surface area contributed by atoms with Crippen LogP contribution in [0.25, 0.3) is 10.2 Å². The molecule has 0 saturated carbocycles. The summed E-state index contributed by atoms with van der Waals surface area (Å²) in [7, 11) is 1.82. The van der Waals surface area contributed by atoms with E-state index in [2.05, 4.69) is 11.1 Å². The van der Waals surface area contributed by atoms with Gasteiger partial charge in [0, 0.05) is 11.9 Å². The molecule has 0 saturated heterocycles. The Hall–Kier alpha value is -1.72. The first-order chi connectivity index (χ1) is 11.2. The molecule has 0 aliphatic heterocycles. The molecule has 23 heavy (non-hydrogen) atoms. The number of anilines is 1. The zero-order valence-electron chi connectivity index (χ0n) is 13.0. The first-order valence-electron chi connectivity index (χ1n) is 7.97. The van der Waals surface area contributed by atoms with E-state index in [-0.39, 0.29) is 5.91 Å². The van der Waals surface area contributed by atoms with Crippen LogP contribution in [0.1, 0.15) is 39.4 Å². The molecule has 0 radical (unpaired) electrons. The van der Waals surface area contributed by atoms with Crippen molar-refractivity contribution in [2.75, 3.05) is 11.9 Å². The molecule has 1 amide bonds. The second-order valence-electron chi connectivity index (χ2n) is 5.95. The van der Waals surface area contributed by atoms with Crippen molar-refractivity contribution < 1.29 is 4.79 Å². The van der Waals surface area contributed by atoms with Gasteiger partial charge in [0.1, 0.15) is 0 Å². The van der Waals surface area contributed by atoms with Crippen LogP contribution in [0, 0.1) is 0 Å². The molecule has 3 aromatic rings. The van der Waals surface area contributed by atoms with Crippen LogP contribution in [-0.4, -0.2) is 17.9 Å². The Labute approximate surface area is 143 Å². The number of carbonyl (C=O) groups is 1. The zero-order valence-corrected chi connectivity index (χ0v) is 14.7. The number of aryl methyl sites for hydroxylation is 2. The summed E-state index contributed by atoms with van der Waals surface area (Å²) >= 11 is 3.24. The van der Waals surface area contributed by atoms with Crippen molar-refractivity contribution in [1.82, 2.24) is 4.98 Å². The highest BCUT2D eigenvalue weighted by molar-refractivity contribution is 7.22. The van der Waals surface area contributed by atoms with Gasteiger partial charge in [-0.3, -0.25) is 9.69 Å². The van der Waals surface area contributed by atoms with Crippen molar-refractivity contribution in [2.24, 2.45) is 0 Å². The third kappa shape index (κ3) is 2.79. The molecule has 2 aromatic heterocycles. The number of amides is 1. The molecule has 0 N–H and O–H groups in total. The minimum absolute atomic E-state index is 0.0575. The van der Waals surface area contributed by atoms with Crippen LogP contribution in [0.2, 0.25) is 0 Å². The highest BCUT2D eigenvalue weighted by atomic mass is 32.1. The molecule has 0 fully saturated rings. The number of fused-ring (bicyclic) bond motifs is 2. The van der Waals surface area contributed by atoms with Gasteiger partial charge in [-0.25, -0.2) is 4.98 Å². The van der Waals surface area contributed by atoms with E-state index < -0.39 is 0 Å². The van der Waals surface area contributed by atoms with E-state index in [1.165, 1.54) is 29.7 Å². The number of thiazole rings is 1. The van der Waals surface area contributed by atoms with E-state index in [1.54, 1.807) is 27.6 Å². The quantitative estimate of drug-likeness (QED) is 0.620. The van der Waals surface area contributed by atoms with E-state index in [0.717, 1.165) is 33.1 Å². The largest absolute Gasteiger partial charge is 0.286 e. The first kappa shape index (κ1) is 14.8. The SMILES string of the molecule is CN(C(=O)c1cc2c(s1)CCCCC2)c1nc2ccccc2s1. The Morgan fingerprint density at radius 2 is 1.96 bits per heavy atom. The number of thiophene rings is 1. The second-order valence-corrected chi connectivity index (χ2v) is 8.09. The van der Waals surface area contributed by atoms with Crippen LogP contribution >= 0.6 is 22.7 Å². The molecule has 1 aromatic carbocycles. The van der Waals surface area contributed by atoms with Gasteiger partial charge in [0.2, 0.25) is 0 Å². The van der Waals surface area contributed by atoms with Crippen LogP contribution in [0.3, 0.4) is 0 Å². The predicted molar refractivity (Wildman–Crippen MR) is 97.9 cm³/mol. The maximum Gasteiger partial charge on any atom is 0.269 e. The van der Waals surface area contributed by atoms with Gasteiger partial charge in [-0.15, -0.1) is 11.3 Å². The van der Waals surface area contributed by atoms with Gasteiger partial charge in [0.05, 0.1) is 15.1 Å². The number of rotatable bonds is 2. The summed E-state index contributed by atoms with van der Waals surface area (Å²) in [5.74, 6) is 0.0575. The lowest BCUT2D eigenvalue weighted by Gasteiger charge is -2.12. The molecular weight excluding hydrogens is 324 g/mol. The van der Waals surface area contributed by atoms with Crippen molar-refractivity contribution in [2.45, 2.75) is 32.1 Å². The lowest BCUT2D eigenvalue weighted by Crippen LogP contribution is -2.25. The van der Waals surface area contributed by atoms with Gasteiger partial charge in [-0.05, 0) is 49.4 Å². The number of aromatic nitrogens is 1. The van der Waals surface area contributed by atoms with Crippen molar-refractivity contribution in [3.05, 3.63) is 45.6 Å². The van der Waals surface area contributed by atoms with Gasteiger partial charge < -0.3 is 0 Å². The molecule has 0 bridgehead atoms. The topological polar surface area (TPSA) is 33.2 Å². The lowest BCUT2D eigenvalue weighted by molar-refractivity contribution is 0.0997. The molecule has 0 atom stereocenters. The summed E-state index contributed by atoms with van der Waals surface area (Å²) in [5.41, 5.74) is 2.34. The molecule has 5 heteroatoms. The summed E-state index contributed by atoms with van der Waals surface area (Å²) < 4.78 is 1.11. The lowest BCUT2D eigenvalue weighted by atomic mass is 10.1. The molecule has 0 spiro atoms. The van der Waals surface area contributed by atoms with E-state index in [1.807, 2.05) is 31.3 Å². The van der Waals surface area contributed by atoms with E-state index >= 15 is 0 Å². The summed E-state index contributed by atoms with van der Waals surface area (Å²) in [5, 5.41) is 0.764. The smallest absolute Gasteiger partial charge is 0.269 e. The summed E-state index contributed by atoms with van der Waals surface area (Å²) in [6, 6.07) is 10.1. The van der Waals surface area contributed by atoms with Gasteiger partial charge in [0.25, 0.3) is 5.91 Å². The number of hydrogen-bond acceptors (Lipinski definition) is 4. The molecule has 3 nitrogen and oxygen atoms in total. The highest BCUT2D eigenvalue weighted by Crippen LogP contribution is 2.32. The molecule has 1 aliphatic carbocycles. The summed E-state index contributed by atoms with van der Waals surface area (Å²) in [6.45, 7) is 0. The Bertz CT molecular complexity index is 808. The average molecular weight is 342 g/mol. The van der Waals surface area contributed by atoms with Crippen LogP contribution in [0.4, 0.5) is 5.13 Å². The summed E-state index contributed by atoms with van der Waals surface area (Å²) in [6.07, 6.45) is 6.03. The minimum Gasteiger partial charge on any atom is -0.286 e. The Kier molecular flexibility index (Phi) is 3.91. The monoisotopic (exact) mass is 342 g/mol. The maximum absolute atomic E-state index is 12.8. The molecular formula is C18H18N2OS2. The van der Waals surface area contributed by atoms with Crippen LogP contribution in [-0.2, 0) is 12.8 Å². The zero-order chi connectivity index (χ0) is 15.8. The number of hydrogen-bond donors (Lipinski definition) is 0. The van der Waals surface area contributed by atoms with Gasteiger partial charge in [0.15, 0.2) is 5.13 Å². The van der Waals surface area contributed by atoms with E-state index in [9.17, 15) is 4.79 Å². The molecule has 2 heterocycles. The minimum atomic E-state index is 0.0575. The van der Waals surface area contributed by atoms with Gasteiger partial charge in [-0.2, -0.15) is 0 Å². The third-order valence-electron chi connectivity index (χ3n) is 4.33. The Morgan fingerprint density at radius 3 is 2.83 bits per heavy atom. The van der Waals surface area contributed by atoms with Crippen molar-refractivity contribution >= 4 is 43.9 Å². The van der Waals surface area contributed by atoms with Crippen LogP contribution in [0.15, 0.2) is 30.3 Å². The van der Waals surface area contributed by atoms with Crippen molar-refractivity contribution in [3.63, 3.8) is 0 Å². The fourth-order valence-corrected chi connectivity index (χ4v) is 5.18. The standard InChI is InChI=1S/C18H18N2OS2/c1-20(18-19-13-8-5-6-10-15(13)23-18)17(21)16-11-12-7-3-2-4-9-14(12)22-16/h5-6,8,10-11H,2-4,7,9H2,1H3. The fourth-order valence-electron chi connectivity index (χ4n) is 3.03. The number of para-hydroxylation sites is 1. The third-order valence-corrected chi connectivity index (χ3v) is 6.67. The first-order valence-corrected chi connectivity index (χ1v) is 9.61. The van der Waals surface area contributed by atoms with E-state index in [4.69, 9.17) is 0 Å².